The number of carbonyl (C=O) groups is 1. The molecule has 1 saturated carbocycles. The summed E-state index contributed by atoms with van der Waals surface area (Å²) in [5.41, 5.74) is 2.52. The van der Waals surface area contributed by atoms with Gasteiger partial charge in [-0.05, 0) is 31.1 Å². The van der Waals surface area contributed by atoms with E-state index in [0.29, 0.717) is 16.8 Å². The van der Waals surface area contributed by atoms with Crippen molar-refractivity contribution in [2.45, 2.75) is 62.9 Å². The summed E-state index contributed by atoms with van der Waals surface area (Å²) < 4.78 is 0. The molecule has 0 radical (unpaired) electrons. The molecule has 6 heteroatoms. The molecule has 1 aromatic heterocycles. The average Bonchev–Trinajstić information content (AvgIpc) is 3.17. The van der Waals surface area contributed by atoms with E-state index in [1.165, 1.54) is 24.6 Å². The number of aromatic nitrogens is 3. The molecule has 5 nitrogen and oxygen atoms in total. The van der Waals surface area contributed by atoms with Crippen LogP contribution in [-0.2, 0) is 10.2 Å². The topological polar surface area (TPSA) is 59.0 Å². The minimum Gasteiger partial charge on any atom is -0.342 e. The standard InChI is InChI=1S/C17H24N4OS/c1-16(2)11-6-7-17(16,3)14-13(11)19-20-15(18-14)23-10-12(22)21-8-4-5-9-21/h11H,4-10H2,1-3H3/t11-,17-/m0/s1. The molecule has 4 rings (SSSR count). The lowest BCUT2D eigenvalue weighted by Crippen LogP contribution is -2.32. The van der Waals surface area contributed by atoms with Gasteiger partial charge in [0.15, 0.2) is 0 Å². The second-order valence-electron chi connectivity index (χ2n) is 7.85. The Kier molecular flexibility index (Phi) is 3.45. The predicted molar refractivity (Wildman–Crippen MR) is 89.5 cm³/mol. The van der Waals surface area contributed by atoms with Gasteiger partial charge in [-0.15, -0.1) is 5.10 Å². The van der Waals surface area contributed by atoms with Crippen LogP contribution in [0.1, 0.15) is 63.8 Å². The summed E-state index contributed by atoms with van der Waals surface area (Å²) in [7, 11) is 0. The maximum absolute atomic E-state index is 12.2. The van der Waals surface area contributed by atoms with Crippen LogP contribution >= 0.6 is 11.8 Å². The molecule has 2 atom stereocenters. The first kappa shape index (κ1) is 15.4. The van der Waals surface area contributed by atoms with Crippen molar-refractivity contribution < 1.29 is 4.79 Å². The zero-order chi connectivity index (χ0) is 16.2. The summed E-state index contributed by atoms with van der Waals surface area (Å²) in [6.07, 6.45) is 4.62. The average molecular weight is 332 g/mol. The summed E-state index contributed by atoms with van der Waals surface area (Å²) in [6, 6.07) is 0. The van der Waals surface area contributed by atoms with Gasteiger partial charge in [0.2, 0.25) is 11.1 Å². The van der Waals surface area contributed by atoms with Gasteiger partial charge in [0, 0.05) is 24.4 Å². The van der Waals surface area contributed by atoms with Crippen molar-refractivity contribution in [1.29, 1.82) is 0 Å². The number of nitrogens with zero attached hydrogens (tertiary/aromatic N) is 4. The molecule has 23 heavy (non-hydrogen) atoms. The third-order valence-electron chi connectivity index (χ3n) is 6.56. The quantitative estimate of drug-likeness (QED) is 0.797. The lowest BCUT2D eigenvalue weighted by Gasteiger charge is -2.33. The first-order chi connectivity index (χ1) is 10.9. The van der Waals surface area contributed by atoms with E-state index in [4.69, 9.17) is 4.98 Å². The van der Waals surface area contributed by atoms with Gasteiger partial charge < -0.3 is 4.90 Å². The maximum Gasteiger partial charge on any atom is 0.233 e. The van der Waals surface area contributed by atoms with E-state index in [1.807, 2.05) is 4.90 Å². The molecule has 1 aliphatic heterocycles. The van der Waals surface area contributed by atoms with Crippen molar-refractivity contribution in [3.8, 4) is 0 Å². The summed E-state index contributed by atoms with van der Waals surface area (Å²) in [6.45, 7) is 8.78. The van der Waals surface area contributed by atoms with Gasteiger partial charge in [0.1, 0.15) is 0 Å². The first-order valence-corrected chi connectivity index (χ1v) is 9.58. The molecule has 1 aromatic rings. The Morgan fingerprint density at radius 1 is 1.26 bits per heavy atom. The van der Waals surface area contributed by atoms with Gasteiger partial charge in [0.05, 0.1) is 17.1 Å². The number of hydrogen-bond donors (Lipinski definition) is 0. The molecule has 0 unspecified atom stereocenters. The molecule has 2 aliphatic carbocycles. The summed E-state index contributed by atoms with van der Waals surface area (Å²) in [4.78, 5) is 18.9. The fraction of sp³-hybridized carbons (Fsp3) is 0.765. The number of amides is 1. The minimum absolute atomic E-state index is 0.0945. The second-order valence-corrected chi connectivity index (χ2v) is 8.79. The van der Waals surface area contributed by atoms with Crippen LogP contribution in [0.25, 0.3) is 0 Å². The van der Waals surface area contributed by atoms with Crippen LogP contribution in [0, 0.1) is 5.41 Å². The largest absolute Gasteiger partial charge is 0.342 e. The highest BCUT2D eigenvalue weighted by Crippen LogP contribution is 2.66. The Labute approximate surface area is 141 Å². The van der Waals surface area contributed by atoms with Crippen LogP contribution in [-0.4, -0.2) is 44.8 Å². The van der Waals surface area contributed by atoms with Crippen LogP contribution in [0.4, 0.5) is 0 Å². The number of fused-ring (bicyclic) bond motifs is 5. The van der Waals surface area contributed by atoms with E-state index in [-0.39, 0.29) is 16.7 Å². The van der Waals surface area contributed by atoms with Gasteiger partial charge >= 0.3 is 0 Å². The third kappa shape index (κ3) is 2.13. The van der Waals surface area contributed by atoms with Gasteiger partial charge in [-0.1, -0.05) is 32.5 Å². The van der Waals surface area contributed by atoms with Crippen LogP contribution in [0.3, 0.4) is 0 Å². The SMILES string of the molecule is CC1(C)[C@H]2CC[C@@]1(C)c1nc(SCC(=O)N3CCCC3)nnc12. The predicted octanol–water partition coefficient (Wildman–Crippen LogP) is 2.76. The first-order valence-electron chi connectivity index (χ1n) is 8.59. The third-order valence-corrected chi connectivity index (χ3v) is 7.38. The molecule has 1 amide bonds. The van der Waals surface area contributed by atoms with Crippen molar-refractivity contribution in [1.82, 2.24) is 20.1 Å². The normalized spacial score (nSPS) is 30.7. The molecule has 2 heterocycles. The van der Waals surface area contributed by atoms with Crippen LogP contribution in [0.15, 0.2) is 5.16 Å². The maximum atomic E-state index is 12.2. The Bertz CT molecular complexity index is 656. The van der Waals surface area contributed by atoms with Crippen molar-refractivity contribution in [3.63, 3.8) is 0 Å². The van der Waals surface area contributed by atoms with E-state index < -0.39 is 0 Å². The zero-order valence-corrected chi connectivity index (χ0v) is 14.9. The van der Waals surface area contributed by atoms with Gasteiger partial charge in [-0.3, -0.25) is 4.79 Å². The Hall–Kier alpha value is -1.17. The highest BCUT2D eigenvalue weighted by atomic mass is 32.2. The second kappa shape index (κ2) is 5.16. The van der Waals surface area contributed by atoms with E-state index in [0.717, 1.165) is 37.3 Å². The summed E-state index contributed by atoms with van der Waals surface area (Å²) in [5.74, 6) is 1.10. The van der Waals surface area contributed by atoms with E-state index in [2.05, 4.69) is 31.0 Å². The fourth-order valence-corrected chi connectivity index (χ4v) is 5.30. The van der Waals surface area contributed by atoms with Crippen molar-refractivity contribution in [2.75, 3.05) is 18.8 Å². The number of likely N-dealkylation sites (tertiary alicyclic amines) is 1. The molecule has 0 N–H and O–H groups in total. The molecule has 124 valence electrons. The van der Waals surface area contributed by atoms with Crippen molar-refractivity contribution in [3.05, 3.63) is 11.4 Å². The Morgan fingerprint density at radius 2 is 2.00 bits per heavy atom. The molecule has 0 aromatic carbocycles. The molecular weight excluding hydrogens is 308 g/mol. The number of rotatable bonds is 3. The fourth-order valence-electron chi connectivity index (χ4n) is 4.61. The summed E-state index contributed by atoms with van der Waals surface area (Å²) in [5, 5.41) is 9.45. The van der Waals surface area contributed by atoms with Crippen LogP contribution < -0.4 is 0 Å². The van der Waals surface area contributed by atoms with Gasteiger partial charge in [0.25, 0.3) is 0 Å². The lowest BCUT2D eigenvalue weighted by atomic mass is 9.70. The zero-order valence-electron chi connectivity index (χ0n) is 14.1. The smallest absolute Gasteiger partial charge is 0.233 e. The molecule has 0 spiro atoms. The molecule has 2 fully saturated rings. The molecule has 3 aliphatic rings. The Balaban J connectivity index is 1.52. The summed E-state index contributed by atoms with van der Waals surface area (Å²) >= 11 is 1.43. The number of hydrogen-bond acceptors (Lipinski definition) is 5. The van der Waals surface area contributed by atoms with Crippen LogP contribution in [0.2, 0.25) is 0 Å². The van der Waals surface area contributed by atoms with Gasteiger partial charge in [-0.25, -0.2) is 4.98 Å². The van der Waals surface area contributed by atoms with Crippen molar-refractivity contribution in [2.24, 2.45) is 5.41 Å². The molecule has 2 bridgehead atoms. The molecule has 1 saturated heterocycles. The van der Waals surface area contributed by atoms with E-state index in [9.17, 15) is 4.79 Å². The molecular formula is C17H24N4OS. The van der Waals surface area contributed by atoms with E-state index >= 15 is 0 Å². The Morgan fingerprint density at radius 3 is 2.74 bits per heavy atom. The van der Waals surface area contributed by atoms with Crippen LogP contribution in [0.5, 0.6) is 0 Å². The number of thioether (sulfide) groups is 1. The minimum atomic E-state index is 0.0945. The lowest BCUT2D eigenvalue weighted by molar-refractivity contribution is -0.127. The van der Waals surface area contributed by atoms with Gasteiger partial charge in [-0.2, -0.15) is 5.10 Å². The highest BCUT2D eigenvalue weighted by molar-refractivity contribution is 7.99. The highest BCUT2D eigenvalue weighted by Gasteiger charge is 2.61. The van der Waals surface area contributed by atoms with Crippen molar-refractivity contribution >= 4 is 17.7 Å². The van der Waals surface area contributed by atoms with E-state index in [1.54, 1.807) is 0 Å². The monoisotopic (exact) mass is 332 g/mol. The number of carbonyl (C=O) groups excluding carboxylic acids is 1.